The minimum absolute atomic E-state index is 0.111. The van der Waals surface area contributed by atoms with Crippen LogP contribution in [-0.2, 0) is 11.3 Å². The zero-order chi connectivity index (χ0) is 13.7. The van der Waals surface area contributed by atoms with Crippen LogP contribution in [0.4, 0.5) is 0 Å². The number of carboxylic acid groups (broad SMARTS) is 1. The average Bonchev–Trinajstić information content (AvgIpc) is 2.40. The van der Waals surface area contributed by atoms with Gasteiger partial charge in [-0.1, -0.05) is 12.1 Å². The van der Waals surface area contributed by atoms with Crippen molar-refractivity contribution in [3.63, 3.8) is 0 Å². The molecular formula is C14H13NO4. The van der Waals surface area contributed by atoms with E-state index in [1.165, 1.54) is 6.20 Å². The van der Waals surface area contributed by atoms with Gasteiger partial charge in [-0.3, -0.25) is 0 Å². The Kier molecular flexibility index (Phi) is 4.10. The van der Waals surface area contributed by atoms with Crippen molar-refractivity contribution in [1.82, 2.24) is 4.98 Å². The number of pyridine rings is 1. The van der Waals surface area contributed by atoms with Crippen LogP contribution in [0.25, 0.3) is 0 Å². The highest BCUT2D eigenvalue weighted by Gasteiger charge is 2.12. The van der Waals surface area contributed by atoms with E-state index in [-0.39, 0.29) is 11.4 Å². The molecule has 0 spiro atoms. The Labute approximate surface area is 110 Å². The summed E-state index contributed by atoms with van der Waals surface area (Å²) in [4.78, 5) is 14.8. The minimum Gasteiger partial charge on any atom is -0.476 e. The second kappa shape index (κ2) is 5.97. The van der Waals surface area contributed by atoms with Crippen LogP contribution in [0.15, 0.2) is 42.6 Å². The number of nitrogens with zero attached hydrogens (tertiary/aromatic N) is 1. The standard InChI is InChI=1S/C14H13NO4/c1-18-9-10-4-2-5-11(8-10)19-12-6-3-7-15-13(12)14(16)17/h2-8H,9H2,1H3,(H,16,17). The van der Waals surface area contributed by atoms with Crippen LogP contribution in [0.5, 0.6) is 11.5 Å². The van der Waals surface area contributed by atoms with Gasteiger partial charge in [0, 0.05) is 13.3 Å². The molecule has 5 heteroatoms. The van der Waals surface area contributed by atoms with Crippen LogP contribution in [-0.4, -0.2) is 23.2 Å². The van der Waals surface area contributed by atoms with Crippen molar-refractivity contribution in [2.45, 2.75) is 6.61 Å². The van der Waals surface area contributed by atoms with E-state index in [2.05, 4.69) is 4.98 Å². The molecule has 0 amide bonds. The van der Waals surface area contributed by atoms with E-state index in [9.17, 15) is 4.79 Å². The first-order chi connectivity index (χ1) is 9.20. The van der Waals surface area contributed by atoms with E-state index >= 15 is 0 Å². The zero-order valence-electron chi connectivity index (χ0n) is 10.4. The van der Waals surface area contributed by atoms with E-state index in [0.29, 0.717) is 12.4 Å². The average molecular weight is 259 g/mol. The van der Waals surface area contributed by atoms with E-state index < -0.39 is 5.97 Å². The van der Waals surface area contributed by atoms with Crippen molar-refractivity contribution < 1.29 is 19.4 Å². The van der Waals surface area contributed by atoms with Crippen LogP contribution >= 0.6 is 0 Å². The van der Waals surface area contributed by atoms with E-state index in [4.69, 9.17) is 14.6 Å². The maximum absolute atomic E-state index is 11.0. The van der Waals surface area contributed by atoms with Crippen molar-refractivity contribution >= 4 is 5.97 Å². The number of methoxy groups -OCH3 is 1. The van der Waals surface area contributed by atoms with Crippen LogP contribution in [0.1, 0.15) is 16.1 Å². The molecule has 1 aromatic heterocycles. The van der Waals surface area contributed by atoms with Crippen molar-refractivity contribution in [3.8, 4) is 11.5 Å². The summed E-state index contributed by atoms with van der Waals surface area (Å²) < 4.78 is 10.6. The highest BCUT2D eigenvalue weighted by atomic mass is 16.5. The third kappa shape index (κ3) is 3.29. The number of carbonyl (C=O) groups is 1. The zero-order valence-corrected chi connectivity index (χ0v) is 10.4. The summed E-state index contributed by atoms with van der Waals surface area (Å²) in [6, 6.07) is 10.5. The predicted molar refractivity (Wildman–Crippen MR) is 68.4 cm³/mol. The Hall–Kier alpha value is -2.40. The fourth-order valence-electron chi connectivity index (χ4n) is 1.63. The molecule has 0 aliphatic heterocycles. The molecule has 0 fully saturated rings. The summed E-state index contributed by atoms with van der Waals surface area (Å²) >= 11 is 0. The molecule has 1 N–H and O–H groups in total. The lowest BCUT2D eigenvalue weighted by Crippen LogP contribution is -2.02. The first-order valence-electron chi connectivity index (χ1n) is 5.64. The molecule has 2 aromatic rings. The van der Waals surface area contributed by atoms with E-state index in [1.54, 1.807) is 31.4 Å². The van der Waals surface area contributed by atoms with Gasteiger partial charge < -0.3 is 14.6 Å². The van der Waals surface area contributed by atoms with Crippen molar-refractivity contribution in [2.75, 3.05) is 7.11 Å². The van der Waals surface area contributed by atoms with Gasteiger partial charge >= 0.3 is 5.97 Å². The van der Waals surface area contributed by atoms with Crippen molar-refractivity contribution in [1.29, 1.82) is 0 Å². The monoisotopic (exact) mass is 259 g/mol. The van der Waals surface area contributed by atoms with E-state index in [0.717, 1.165) is 5.56 Å². The summed E-state index contributed by atoms with van der Waals surface area (Å²) in [6.45, 7) is 0.468. The summed E-state index contributed by atoms with van der Waals surface area (Å²) in [6.07, 6.45) is 1.41. The number of hydrogen-bond donors (Lipinski definition) is 1. The van der Waals surface area contributed by atoms with Gasteiger partial charge in [0.2, 0.25) is 0 Å². The lowest BCUT2D eigenvalue weighted by atomic mass is 10.2. The largest absolute Gasteiger partial charge is 0.476 e. The highest BCUT2D eigenvalue weighted by molar-refractivity contribution is 5.88. The van der Waals surface area contributed by atoms with Gasteiger partial charge in [-0.05, 0) is 29.8 Å². The van der Waals surface area contributed by atoms with Gasteiger partial charge in [0.25, 0.3) is 0 Å². The summed E-state index contributed by atoms with van der Waals surface area (Å²) in [5, 5.41) is 9.02. The first kappa shape index (κ1) is 13.0. The number of carboxylic acids is 1. The molecule has 0 aliphatic rings. The summed E-state index contributed by atoms with van der Waals surface area (Å²) in [5.41, 5.74) is 0.834. The highest BCUT2D eigenvalue weighted by Crippen LogP contribution is 2.24. The van der Waals surface area contributed by atoms with Gasteiger partial charge in [0.05, 0.1) is 6.61 Å². The molecule has 0 atom stereocenters. The van der Waals surface area contributed by atoms with E-state index in [1.807, 2.05) is 12.1 Å². The topological polar surface area (TPSA) is 68.7 Å². The Bertz CT molecular complexity index is 583. The van der Waals surface area contributed by atoms with Gasteiger partial charge in [0.15, 0.2) is 11.4 Å². The molecule has 0 saturated heterocycles. The fraction of sp³-hybridized carbons (Fsp3) is 0.143. The molecule has 2 rings (SSSR count). The molecule has 5 nitrogen and oxygen atoms in total. The molecule has 1 aromatic carbocycles. The Morgan fingerprint density at radius 1 is 1.32 bits per heavy atom. The number of hydrogen-bond acceptors (Lipinski definition) is 4. The molecule has 0 aliphatic carbocycles. The minimum atomic E-state index is -1.12. The maximum Gasteiger partial charge on any atom is 0.358 e. The lowest BCUT2D eigenvalue weighted by molar-refractivity contribution is 0.0687. The van der Waals surface area contributed by atoms with Gasteiger partial charge in [0.1, 0.15) is 5.75 Å². The molecule has 1 heterocycles. The van der Waals surface area contributed by atoms with Crippen molar-refractivity contribution in [2.24, 2.45) is 0 Å². The molecule has 0 radical (unpaired) electrons. The molecule has 0 saturated carbocycles. The molecule has 0 bridgehead atoms. The Morgan fingerprint density at radius 3 is 2.89 bits per heavy atom. The number of benzene rings is 1. The normalized spacial score (nSPS) is 10.2. The first-order valence-corrected chi connectivity index (χ1v) is 5.64. The summed E-state index contributed by atoms with van der Waals surface area (Å²) in [7, 11) is 1.61. The molecule has 98 valence electrons. The third-order valence-corrected chi connectivity index (χ3v) is 2.41. The van der Waals surface area contributed by atoms with Crippen LogP contribution in [0, 0.1) is 0 Å². The SMILES string of the molecule is COCc1cccc(Oc2cccnc2C(=O)O)c1. The second-order valence-electron chi connectivity index (χ2n) is 3.84. The molecular weight excluding hydrogens is 246 g/mol. The molecule has 0 unspecified atom stereocenters. The lowest BCUT2D eigenvalue weighted by Gasteiger charge is -2.09. The van der Waals surface area contributed by atoms with Gasteiger partial charge in [-0.25, -0.2) is 9.78 Å². The smallest absolute Gasteiger partial charge is 0.358 e. The second-order valence-corrected chi connectivity index (χ2v) is 3.84. The fourth-order valence-corrected chi connectivity index (χ4v) is 1.63. The van der Waals surface area contributed by atoms with Crippen molar-refractivity contribution in [3.05, 3.63) is 53.9 Å². The van der Waals surface area contributed by atoms with Crippen LogP contribution in [0.3, 0.4) is 0 Å². The Balaban J connectivity index is 2.26. The number of rotatable bonds is 5. The predicted octanol–water partition coefficient (Wildman–Crippen LogP) is 2.72. The summed E-state index contributed by atoms with van der Waals surface area (Å²) in [5.74, 6) is -0.363. The Morgan fingerprint density at radius 2 is 2.16 bits per heavy atom. The quantitative estimate of drug-likeness (QED) is 0.894. The molecule has 19 heavy (non-hydrogen) atoms. The van der Waals surface area contributed by atoms with Gasteiger partial charge in [-0.15, -0.1) is 0 Å². The van der Waals surface area contributed by atoms with Crippen LogP contribution in [0.2, 0.25) is 0 Å². The number of aromatic carboxylic acids is 1. The number of aromatic nitrogens is 1. The maximum atomic E-state index is 11.0. The van der Waals surface area contributed by atoms with Gasteiger partial charge in [-0.2, -0.15) is 0 Å². The third-order valence-electron chi connectivity index (χ3n) is 2.41. The number of ether oxygens (including phenoxy) is 2. The van der Waals surface area contributed by atoms with Crippen LogP contribution < -0.4 is 4.74 Å².